The molecular formula is C13H9N5. The lowest BCUT2D eigenvalue weighted by Gasteiger charge is -2.03. The lowest BCUT2D eigenvalue weighted by molar-refractivity contribution is 0.959. The summed E-state index contributed by atoms with van der Waals surface area (Å²) in [7, 11) is 0. The highest BCUT2D eigenvalue weighted by Crippen LogP contribution is 2.32. The summed E-state index contributed by atoms with van der Waals surface area (Å²) in [6.07, 6.45) is 0. The average Bonchev–Trinajstić information content (AvgIpc) is 3.05. The number of fused-ring (bicyclic) bond motifs is 2. The van der Waals surface area contributed by atoms with E-state index in [0.717, 1.165) is 27.8 Å². The zero-order valence-corrected chi connectivity index (χ0v) is 9.46. The van der Waals surface area contributed by atoms with Crippen LogP contribution in [0.3, 0.4) is 0 Å². The van der Waals surface area contributed by atoms with E-state index in [0.29, 0.717) is 6.54 Å². The van der Waals surface area contributed by atoms with Gasteiger partial charge in [0, 0.05) is 5.56 Å². The molecule has 1 aliphatic heterocycles. The predicted octanol–water partition coefficient (Wildman–Crippen LogP) is 3.22. The van der Waals surface area contributed by atoms with Crippen molar-refractivity contribution in [1.29, 1.82) is 0 Å². The van der Waals surface area contributed by atoms with Crippen molar-refractivity contribution >= 4 is 16.7 Å². The van der Waals surface area contributed by atoms with Gasteiger partial charge in [-0.3, -0.25) is 0 Å². The Labute approximate surface area is 103 Å². The van der Waals surface area contributed by atoms with Crippen molar-refractivity contribution in [2.45, 2.75) is 6.54 Å². The van der Waals surface area contributed by atoms with Crippen molar-refractivity contribution < 1.29 is 0 Å². The van der Waals surface area contributed by atoms with Crippen LogP contribution < -0.4 is 0 Å². The molecule has 0 spiro atoms. The molecule has 0 atom stereocenters. The predicted molar refractivity (Wildman–Crippen MR) is 67.5 cm³/mol. The van der Waals surface area contributed by atoms with Crippen molar-refractivity contribution in [3.05, 3.63) is 42.0 Å². The molecule has 0 unspecified atom stereocenters. The third-order valence-corrected chi connectivity index (χ3v) is 3.15. The topological polar surface area (TPSA) is 66.3 Å². The summed E-state index contributed by atoms with van der Waals surface area (Å²) in [6, 6.07) is 12.3. The van der Waals surface area contributed by atoms with Crippen LogP contribution in [0, 0.1) is 0 Å². The fourth-order valence-corrected chi connectivity index (χ4v) is 2.18. The number of nitrogens with one attached hydrogen (secondary N) is 1. The van der Waals surface area contributed by atoms with Crippen LogP contribution in [0.5, 0.6) is 0 Å². The number of hydrogen-bond acceptors (Lipinski definition) is 4. The van der Waals surface area contributed by atoms with Crippen molar-refractivity contribution in [2.75, 3.05) is 0 Å². The van der Waals surface area contributed by atoms with Gasteiger partial charge < -0.3 is 0 Å². The van der Waals surface area contributed by atoms with Crippen LogP contribution >= 0.6 is 0 Å². The summed E-state index contributed by atoms with van der Waals surface area (Å²) in [6.45, 7) is 0.692. The van der Waals surface area contributed by atoms with Gasteiger partial charge in [-0.25, -0.2) is 0 Å². The Hall–Kier alpha value is -2.56. The van der Waals surface area contributed by atoms with Crippen LogP contribution in [0.15, 0.2) is 46.6 Å². The molecule has 0 radical (unpaired) electrons. The Morgan fingerprint density at radius 1 is 0.889 bits per heavy atom. The first-order valence-electron chi connectivity index (χ1n) is 5.71. The molecule has 0 saturated carbocycles. The van der Waals surface area contributed by atoms with Crippen molar-refractivity contribution in [1.82, 2.24) is 15.4 Å². The summed E-state index contributed by atoms with van der Waals surface area (Å²) in [5.74, 6) is 0. The minimum Gasteiger partial charge on any atom is -0.197 e. The van der Waals surface area contributed by atoms with E-state index in [-0.39, 0.29) is 0 Å². The van der Waals surface area contributed by atoms with E-state index in [1.54, 1.807) is 0 Å². The zero-order valence-electron chi connectivity index (χ0n) is 9.46. The summed E-state index contributed by atoms with van der Waals surface area (Å²) in [5.41, 5.74) is 6.13. The van der Waals surface area contributed by atoms with Crippen LogP contribution in [0.2, 0.25) is 0 Å². The molecule has 2 aromatic carbocycles. The molecule has 2 heterocycles. The number of H-pyrrole nitrogens is 1. The van der Waals surface area contributed by atoms with Crippen LogP contribution in [-0.4, -0.2) is 15.4 Å². The van der Waals surface area contributed by atoms with Crippen LogP contribution in [0.25, 0.3) is 22.2 Å². The first-order chi connectivity index (χ1) is 8.90. The number of aromatic nitrogens is 3. The van der Waals surface area contributed by atoms with Crippen LogP contribution in [0.4, 0.5) is 5.69 Å². The second-order valence-corrected chi connectivity index (χ2v) is 4.27. The molecule has 4 rings (SSSR count). The average molecular weight is 235 g/mol. The summed E-state index contributed by atoms with van der Waals surface area (Å²) >= 11 is 0. The minimum absolute atomic E-state index is 0.692. The van der Waals surface area contributed by atoms with E-state index in [1.807, 2.05) is 18.2 Å². The highest BCUT2D eigenvalue weighted by Gasteiger charge is 2.09. The minimum atomic E-state index is 0.692. The van der Waals surface area contributed by atoms with E-state index in [4.69, 9.17) is 0 Å². The summed E-state index contributed by atoms with van der Waals surface area (Å²) in [5, 5.41) is 18.9. The molecule has 0 saturated heterocycles. The summed E-state index contributed by atoms with van der Waals surface area (Å²) < 4.78 is 0. The third-order valence-electron chi connectivity index (χ3n) is 3.15. The Bertz CT molecular complexity index is 772. The molecule has 1 aromatic heterocycles. The van der Waals surface area contributed by atoms with Gasteiger partial charge in [0.15, 0.2) is 0 Å². The van der Waals surface area contributed by atoms with Gasteiger partial charge in [0.25, 0.3) is 0 Å². The Morgan fingerprint density at radius 2 is 1.72 bits per heavy atom. The third kappa shape index (κ3) is 1.34. The van der Waals surface area contributed by atoms with Gasteiger partial charge in [-0.2, -0.15) is 25.6 Å². The number of benzene rings is 2. The maximum atomic E-state index is 4.13. The normalized spacial score (nSPS) is 13.1. The molecule has 5 nitrogen and oxygen atoms in total. The fourth-order valence-electron chi connectivity index (χ4n) is 2.18. The monoisotopic (exact) mass is 235 g/mol. The van der Waals surface area contributed by atoms with Crippen molar-refractivity contribution in [3.63, 3.8) is 0 Å². The van der Waals surface area contributed by atoms with Gasteiger partial charge in [-0.1, -0.05) is 18.2 Å². The smallest absolute Gasteiger partial charge is 0.113 e. The van der Waals surface area contributed by atoms with Crippen molar-refractivity contribution in [2.24, 2.45) is 10.2 Å². The van der Waals surface area contributed by atoms with Crippen LogP contribution in [0.1, 0.15) is 5.56 Å². The molecule has 0 bridgehead atoms. The zero-order chi connectivity index (χ0) is 11.9. The lowest BCUT2D eigenvalue weighted by atomic mass is 10.0. The molecule has 1 aliphatic rings. The molecular weight excluding hydrogens is 226 g/mol. The maximum Gasteiger partial charge on any atom is 0.113 e. The molecule has 3 aromatic rings. The molecule has 0 aliphatic carbocycles. The van der Waals surface area contributed by atoms with E-state index < -0.39 is 0 Å². The lowest BCUT2D eigenvalue weighted by Crippen LogP contribution is -1.81. The molecule has 0 fully saturated rings. The fraction of sp³-hybridized carbons (Fsp3) is 0.0769. The first kappa shape index (κ1) is 9.47. The molecule has 5 heteroatoms. The van der Waals surface area contributed by atoms with Crippen molar-refractivity contribution in [3.8, 4) is 11.1 Å². The number of hydrogen-bond donors (Lipinski definition) is 1. The number of azo groups is 1. The maximum absolute atomic E-state index is 4.13. The molecule has 1 N–H and O–H groups in total. The highest BCUT2D eigenvalue weighted by molar-refractivity contribution is 5.81. The second kappa shape index (κ2) is 3.46. The Balaban J connectivity index is 1.88. The molecule has 86 valence electrons. The highest BCUT2D eigenvalue weighted by atomic mass is 15.3. The number of aromatic amines is 1. The van der Waals surface area contributed by atoms with Gasteiger partial charge in [-0.05, 0) is 29.3 Å². The van der Waals surface area contributed by atoms with Gasteiger partial charge in [0.05, 0.1) is 12.2 Å². The van der Waals surface area contributed by atoms with E-state index in [2.05, 4.69) is 43.8 Å². The largest absolute Gasteiger partial charge is 0.197 e. The standard InChI is InChI=1S/C13H9N5/c1-2-10-7-14-15-12(10)5-8(1)9-3-4-11-13(6-9)17-18-16-11/h1-6H,7H2,(H,16,17,18). The molecule has 18 heavy (non-hydrogen) atoms. The van der Waals surface area contributed by atoms with E-state index >= 15 is 0 Å². The molecule has 0 amide bonds. The van der Waals surface area contributed by atoms with Gasteiger partial charge >= 0.3 is 0 Å². The number of rotatable bonds is 1. The number of nitrogens with zero attached hydrogens (tertiary/aromatic N) is 4. The van der Waals surface area contributed by atoms with Gasteiger partial charge in [0.2, 0.25) is 0 Å². The van der Waals surface area contributed by atoms with Gasteiger partial charge in [0.1, 0.15) is 11.0 Å². The Morgan fingerprint density at radius 3 is 2.72 bits per heavy atom. The van der Waals surface area contributed by atoms with E-state index in [9.17, 15) is 0 Å². The SMILES string of the molecule is c1cc2c(cc1-c1ccc3n[nH]nc3c1)N=NC2. The summed E-state index contributed by atoms with van der Waals surface area (Å²) in [4.78, 5) is 0. The first-order valence-corrected chi connectivity index (χ1v) is 5.71. The van der Waals surface area contributed by atoms with E-state index in [1.165, 1.54) is 5.56 Å². The van der Waals surface area contributed by atoms with Gasteiger partial charge in [-0.15, -0.1) is 0 Å². The van der Waals surface area contributed by atoms with Crippen LogP contribution in [-0.2, 0) is 6.54 Å². The quantitative estimate of drug-likeness (QED) is 0.703. The second-order valence-electron chi connectivity index (χ2n) is 4.27. The Kier molecular flexibility index (Phi) is 1.82.